The number of carbonyl (C=O) groups excluding carboxylic acids is 1. The van der Waals surface area contributed by atoms with Gasteiger partial charge in [0.05, 0.1) is 13.7 Å². The summed E-state index contributed by atoms with van der Waals surface area (Å²) in [6.07, 6.45) is 0.633. The van der Waals surface area contributed by atoms with Gasteiger partial charge in [-0.3, -0.25) is 9.36 Å². The van der Waals surface area contributed by atoms with E-state index in [4.69, 9.17) is 9.47 Å². The molecule has 7 heteroatoms. The number of carbonyl (C=O) groups is 1. The van der Waals surface area contributed by atoms with Gasteiger partial charge in [-0.25, -0.2) is 0 Å². The molecular weight excluding hydrogens is 374 g/mol. The van der Waals surface area contributed by atoms with Gasteiger partial charge in [0, 0.05) is 12.1 Å². The zero-order valence-corrected chi connectivity index (χ0v) is 17.0. The van der Waals surface area contributed by atoms with Crippen molar-refractivity contribution < 1.29 is 14.3 Å². The monoisotopic (exact) mass is 397 g/mol. The second-order valence-electron chi connectivity index (χ2n) is 6.11. The average molecular weight is 398 g/mol. The molecule has 3 rings (SSSR count). The Labute approximate surface area is 168 Å². The van der Waals surface area contributed by atoms with Crippen molar-refractivity contribution in [3.63, 3.8) is 0 Å². The highest BCUT2D eigenvalue weighted by Gasteiger charge is 2.21. The summed E-state index contributed by atoms with van der Waals surface area (Å²) in [6.45, 7) is 4.36. The summed E-state index contributed by atoms with van der Waals surface area (Å²) in [5, 5.41) is 8.99. The summed E-state index contributed by atoms with van der Waals surface area (Å²) in [7, 11) is 1.39. The van der Waals surface area contributed by atoms with E-state index in [9.17, 15) is 4.79 Å². The Hall–Kier alpha value is -2.80. The Morgan fingerprint density at radius 3 is 2.46 bits per heavy atom. The van der Waals surface area contributed by atoms with Crippen LogP contribution >= 0.6 is 11.8 Å². The molecule has 0 aliphatic carbocycles. The number of esters is 1. The predicted octanol–water partition coefficient (Wildman–Crippen LogP) is 3.91. The molecule has 6 nitrogen and oxygen atoms in total. The minimum absolute atomic E-state index is 0.296. The third-order valence-corrected chi connectivity index (χ3v) is 5.15. The molecule has 0 fully saturated rings. The minimum atomic E-state index is -0.389. The largest absolute Gasteiger partial charge is 0.494 e. The quantitative estimate of drug-likeness (QED) is 0.424. The second kappa shape index (κ2) is 9.41. The number of ether oxygens (including phenoxy) is 2. The fraction of sp³-hybridized carbons (Fsp3) is 0.286. The lowest BCUT2D eigenvalue weighted by Gasteiger charge is -2.13. The third-order valence-electron chi connectivity index (χ3n) is 4.13. The highest BCUT2D eigenvalue weighted by molar-refractivity contribution is 8.00. The van der Waals surface area contributed by atoms with Crippen LogP contribution in [0.3, 0.4) is 0 Å². The molecule has 28 heavy (non-hydrogen) atoms. The van der Waals surface area contributed by atoms with Crippen LogP contribution in [0, 0.1) is 0 Å². The molecule has 0 saturated carbocycles. The van der Waals surface area contributed by atoms with E-state index in [1.807, 2.05) is 54.0 Å². The van der Waals surface area contributed by atoms with E-state index < -0.39 is 0 Å². The van der Waals surface area contributed by atoms with Gasteiger partial charge < -0.3 is 9.47 Å². The summed E-state index contributed by atoms with van der Waals surface area (Å²) in [5.74, 6) is 1.31. The normalized spacial score (nSPS) is 11.8. The number of methoxy groups -OCH3 is 1. The molecule has 3 aromatic rings. The maximum atomic E-state index is 11.9. The summed E-state index contributed by atoms with van der Waals surface area (Å²) < 4.78 is 12.4. The van der Waals surface area contributed by atoms with Crippen LogP contribution in [-0.2, 0) is 16.0 Å². The van der Waals surface area contributed by atoms with E-state index in [2.05, 4.69) is 22.3 Å². The van der Waals surface area contributed by atoms with Gasteiger partial charge in [-0.15, -0.1) is 10.2 Å². The van der Waals surface area contributed by atoms with Crippen molar-refractivity contribution in [2.75, 3.05) is 13.7 Å². The highest BCUT2D eigenvalue weighted by atomic mass is 32.2. The number of rotatable bonds is 8. The van der Waals surface area contributed by atoms with Crippen LogP contribution in [0.4, 0.5) is 0 Å². The Balaban J connectivity index is 1.97. The van der Waals surface area contributed by atoms with E-state index in [1.165, 1.54) is 18.9 Å². The molecule has 0 amide bonds. The first kappa shape index (κ1) is 19.9. The summed E-state index contributed by atoms with van der Waals surface area (Å²) in [5.41, 5.74) is 2.05. The van der Waals surface area contributed by atoms with Crippen molar-refractivity contribution in [1.29, 1.82) is 0 Å². The van der Waals surface area contributed by atoms with E-state index in [0.717, 1.165) is 22.8 Å². The third kappa shape index (κ3) is 4.72. The van der Waals surface area contributed by atoms with Crippen molar-refractivity contribution in [3.05, 3.63) is 66.0 Å². The Morgan fingerprint density at radius 2 is 1.82 bits per heavy atom. The maximum absolute atomic E-state index is 11.9. The molecule has 0 N–H and O–H groups in total. The van der Waals surface area contributed by atoms with Crippen LogP contribution in [-0.4, -0.2) is 39.7 Å². The van der Waals surface area contributed by atoms with Gasteiger partial charge in [0.25, 0.3) is 0 Å². The summed E-state index contributed by atoms with van der Waals surface area (Å²) in [4.78, 5) is 11.9. The smallest absolute Gasteiger partial charge is 0.318 e. The Kier molecular flexibility index (Phi) is 6.71. The number of nitrogens with zero attached hydrogens (tertiary/aromatic N) is 3. The van der Waals surface area contributed by atoms with Crippen LogP contribution in [0.2, 0.25) is 0 Å². The molecule has 0 saturated heterocycles. The van der Waals surface area contributed by atoms with Crippen LogP contribution in [0.25, 0.3) is 5.69 Å². The van der Waals surface area contributed by atoms with Crippen LogP contribution < -0.4 is 4.74 Å². The molecule has 1 heterocycles. The molecule has 1 atom stereocenters. The molecular formula is C21H23N3O3S. The second-order valence-corrected chi connectivity index (χ2v) is 7.41. The van der Waals surface area contributed by atoms with Crippen LogP contribution in [0.5, 0.6) is 5.75 Å². The molecule has 0 bridgehead atoms. The fourth-order valence-corrected chi connectivity index (χ4v) is 3.67. The maximum Gasteiger partial charge on any atom is 0.318 e. The van der Waals surface area contributed by atoms with E-state index in [0.29, 0.717) is 18.2 Å². The molecule has 146 valence electrons. The van der Waals surface area contributed by atoms with Gasteiger partial charge in [0.2, 0.25) is 0 Å². The molecule has 0 aliphatic rings. The van der Waals surface area contributed by atoms with Gasteiger partial charge in [-0.1, -0.05) is 42.1 Å². The Bertz CT molecular complexity index is 910. The summed E-state index contributed by atoms with van der Waals surface area (Å²) >= 11 is 1.33. The zero-order valence-electron chi connectivity index (χ0n) is 16.2. The molecule has 0 aliphatic heterocycles. The van der Waals surface area contributed by atoms with Gasteiger partial charge in [-0.2, -0.15) is 0 Å². The average Bonchev–Trinajstić information content (AvgIpc) is 3.11. The molecule has 0 spiro atoms. The topological polar surface area (TPSA) is 66.2 Å². The number of aromatic nitrogens is 3. The molecule has 2 aromatic carbocycles. The first-order chi connectivity index (χ1) is 13.6. The van der Waals surface area contributed by atoms with Crippen molar-refractivity contribution >= 4 is 17.7 Å². The van der Waals surface area contributed by atoms with E-state index in [1.54, 1.807) is 6.92 Å². The lowest BCUT2D eigenvalue weighted by atomic mass is 10.1. The lowest BCUT2D eigenvalue weighted by Crippen LogP contribution is -2.16. The zero-order chi connectivity index (χ0) is 19.9. The van der Waals surface area contributed by atoms with Crippen molar-refractivity contribution in [1.82, 2.24) is 14.8 Å². The first-order valence-corrected chi connectivity index (χ1v) is 9.96. The highest BCUT2D eigenvalue weighted by Crippen LogP contribution is 2.28. The number of hydrogen-bond acceptors (Lipinski definition) is 6. The van der Waals surface area contributed by atoms with Gasteiger partial charge in [-0.05, 0) is 43.7 Å². The van der Waals surface area contributed by atoms with Crippen LogP contribution in [0.1, 0.15) is 25.2 Å². The van der Waals surface area contributed by atoms with E-state index >= 15 is 0 Å². The molecule has 1 aromatic heterocycles. The van der Waals surface area contributed by atoms with Crippen molar-refractivity contribution in [2.45, 2.75) is 30.7 Å². The van der Waals surface area contributed by atoms with Gasteiger partial charge in [0.1, 0.15) is 16.8 Å². The number of hydrogen-bond donors (Lipinski definition) is 0. The molecule has 1 unspecified atom stereocenters. The minimum Gasteiger partial charge on any atom is -0.494 e. The predicted molar refractivity (Wildman–Crippen MR) is 109 cm³/mol. The first-order valence-electron chi connectivity index (χ1n) is 9.08. The van der Waals surface area contributed by atoms with E-state index in [-0.39, 0.29) is 11.2 Å². The number of benzene rings is 2. The summed E-state index contributed by atoms with van der Waals surface area (Å²) in [6, 6.07) is 17.9. The SMILES string of the molecule is CCOc1ccc(-n2c(Cc3ccccc3)nnc2SC(C)C(=O)OC)cc1. The van der Waals surface area contributed by atoms with Crippen LogP contribution in [0.15, 0.2) is 59.8 Å². The van der Waals surface area contributed by atoms with Crippen molar-refractivity contribution in [2.24, 2.45) is 0 Å². The fourth-order valence-electron chi connectivity index (χ4n) is 2.76. The standard InChI is InChI=1S/C21H23N3O3S/c1-4-27-18-12-10-17(11-13-18)24-19(14-16-8-6-5-7-9-16)22-23-21(24)28-15(2)20(25)26-3/h5-13,15H,4,14H2,1-3H3. The van der Waals surface area contributed by atoms with Gasteiger partial charge in [0.15, 0.2) is 5.16 Å². The van der Waals surface area contributed by atoms with Crippen molar-refractivity contribution in [3.8, 4) is 11.4 Å². The lowest BCUT2D eigenvalue weighted by molar-refractivity contribution is -0.139. The Morgan fingerprint density at radius 1 is 1.11 bits per heavy atom. The molecule has 0 radical (unpaired) electrons. The number of thioether (sulfide) groups is 1. The van der Waals surface area contributed by atoms with Gasteiger partial charge >= 0.3 is 5.97 Å².